The van der Waals surface area contributed by atoms with Crippen LogP contribution in [-0.2, 0) is 19.0 Å². The molecule has 21 heavy (non-hydrogen) atoms. The first-order valence-corrected chi connectivity index (χ1v) is 7.13. The van der Waals surface area contributed by atoms with Gasteiger partial charge in [-0.05, 0) is 18.2 Å². The monoisotopic (exact) mass is 283 g/mol. The number of nitrogens with one attached hydrogen (secondary N) is 2. The van der Waals surface area contributed by atoms with Crippen molar-refractivity contribution in [2.45, 2.75) is 32.7 Å². The maximum Gasteiger partial charge on any atom is 0.0727 e. The molecule has 110 valence electrons. The van der Waals surface area contributed by atoms with Gasteiger partial charge in [-0.1, -0.05) is 20.8 Å². The summed E-state index contributed by atoms with van der Waals surface area (Å²) in [6.45, 7) is 7.34. The van der Waals surface area contributed by atoms with Crippen molar-refractivity contribution in [2.75, 3.05) is 5.32 Å². The van der Waals surface area contributed by atoms with Crippen molar-refractivity contribution in [3.63, 3.8) is 0 Å². The van der Waals surface area contributed by atoms with Crippen LogP contribution in [0.3, 0.4) is 0 Å². The molecule has 0 amide bonds. The number of aryl methyl sites for hydroxylation is 1. The number of nitrogens with zero attached hydrogens (tertiary/aromatic N) is 3. The molecular formula is C16H21N5. The molecule has 0 saturated carbocycles. The average Bonchev–Trinajstić information content (AvgIpc) is 3.01. The van der Waals surface area contributed by atoms with E-state index in [4.69, 9.17) is 0 Å². The van der Waals surface area contributed by atoms with Crippen LogP contribution in [0.1, 0.15) is 32.0 Å². The molecule has 0 radical (unpaired) electrons. The van der Waals surface area contributed by atoms with Crippen molar-refractivity contribution < 1.29 is 0 Å². The molecule has 0 aliphatic rings. The van der Waals surface area contributed by atoms with Crippen LogP contribution < -0.4 is 5.32 Å². The first kappa shape index (κ1) is 13.7. The van der Waals surface area contributed by atoms with Crippen LogP contribution >= 0.6 is 0 Å². The maximum atomic E-state index is 4.60. The first-order chi connectivity index (χ1) is 9.93. The lowest BCUT2D eigenvalue weighted by Crippen LogP contribution is -2.16. The van der Waals surface area contributed by atoms with Crippen LogP contribution in [0, 0.1) is 0 Å². The van der Waals surface area contributed by atoms with E-state index in [9.17, 15) is 0 Å². The number of hydrogen-bond donors (Lipinski definition) is 2. The Hall–Kier alpha value is -2.30. The molecule has 0 aliphatic carbocycles. The van der Waals surface area contributed by atoms with E-state index in [2.05, 4.69) is 59.7 Å². The highest BCUT2D eigenvalue weighted by Gasteiger charge is 2.21. The van der Waals surface area contributed by atoms with E-state index >= 15 is 0 Å². The molecule has 0 atom stereocenters. The minimum atomic E-state index is 0.0484. The van der Waals surface area contributed by atoms with E-state index in [1.807, 2.05) is 24.0 Å². The van der Waals surface area contributed by atoms with Gasteiger partial charge >= 0.3 is 0 Å². The van der Waals surface area contributed by atoms with Crippen LogP contribution in [0.15, 0.2) is 30.6 Å². The largest absolute Gasteiger partial charge is 0.381 e. The van der Waals surface area contributed by atoms with Gasteiger partial charge in [0.1, 0.15) is 0 Å². The molecule has 2 aromatic heterocycles. The van der Waals surface area contributed by atoms with Crippen molar-refractivity contribution >= 4 is 16.6 Å². The van der Waals surface area contributed by atoms with E-state index < -0.39 is 0 Å². The zero-order valence-electron chi connectivity index (χ0n) is 12.9. The number of hydrogen-bond acceptors (Lipinski definition) is 3. The van der Waals surface area contributed by atoms with E-state index in [0.717, 1.165) is 28.8 Å². The third-order valence-electron chi connectivity index (χ3n) is 3.54. The molecule has 0 spiro atoms. The van der Waals surface area contributed by atoms with Gasteiger partial charge in [-0.3, -0.25) is 9.78 Å². The van der Waals surface area contributed by atoms with Gasteiger partial charge in [0.25, 0.3) is 0 Å². The minimum Gasteiger partial charge on any atom is -0.381 e. The summed E-state index contributed by atoms with van der Waals surface area (Å²) in [7, 11) is 1.97. The number of aromatic amines is 1. The van der Waals surface area contributed by atoms with Crippen LogP contribution in [-0.4, -0.2) is 20.0 Å². The quantitative estimate of drug-likeness (QED) is 0.776. The first-order valence-electron chi connectivity index (χ1n) is 7.13. The lowest BCUT2D eigenvalue weighted by atomic mass is 9.89. The Bertz CT molecular complexity index is 760. The van der Waals surface area contributed by atoms with E-state index in [1.54, 1.807) is 0 Å². The second kappa shape index (κ2) is 4.91. The van der Waals surface area contributed by atoms with Gasteiger partial charge < -0.3 is 5.32 Å². The van der Waals surface area contributed by atoms with Crippen LogP contribution in [0.25, 0.3) is 10.9 Å². The summed E-state index contributed by atoms with van der Waals surface area (Å²) in [6, 6.07) is 6.21. The minimum absolute atomic E-state index is 0.0484. The molecule has 0 fully saturated rings. The fraction of sp³-hybridized carbons (Fsp3) is 0.375. The topological polar surface area (TPSA) is 58.5 Å². The normalized spacial score (nSPS) is 12.0. The molecule has 2 heterocycles. The molecule has 3 rings (SSSR count). The molecule has 0 aliphatic heterocycles. The van der Waals surface area contributed by atoms with Crippen molar-refractivity contribution in [3.05, 3.63) is 41.9 Å². The molecule has 3 aromatic rings. The summed E-state index contributed by atoms with van der Waals surface area (Å²) < 4.78 is 1.89. The van der Waals surface area contributed by atoms with Crippen molar-refractivity contribution in [2.24, 2.45) is 7.05 Å². The Morgan fingerprint density at radius 1 is 1.29 bits per heavy atom. The smallest absolute Gasteiger partial charge is 0.0727 e. The molecule has 1 aromatic carbocycles. The Morgan fingerprint density at radius 2 is 2.10 bits per heavy atom. The third-order valence-corrected chi connectivity index (χ3v) is 3.54. The lowest BCUT2D eigenvalue weighted by Gasteiger charge is -2.18. The second-order valence-electron chi connectivity index (χ2n) is 6.45. The third kappa shape index (κ3) is 2.77. The Morgan fingerprint density at radius 3 is 2.86 bits per heavy atom. The van der Waals surface area contributed by atoms with Crippen LogP contribution in [0.4, 0.5) is 5.69 Å². The zero-order chi connectivity index (χ0) is 15.0. The van der Waals surface area contributed by atoms with Gasteiger partial charge in [-0.2, -0.15) is 10.2 Å². The number of aromatic nitrogens is 4. The molecule has 0 unspecified atom stereocenters. The summed E-state index contributed by atoms with van der Waals surface area (Å²) >= 11 is 0. The molecular weight excluding hydrogens is 262 g/mol. The summed E-state index contributed by atoms with van der Waals surface area (Å²) in [4.78, 5) is 0. The van der Waals surface area contributed by atoms with Gasteiger partial charge in [0.15, 0.2) is 0 Å². The number of benzene rings is 1. The van der Waals surface area contributed by atoms with E-state index in [0.29, 0.717) is 0 Å². The number of fused-ring (bicyclic) bond motifs is 1. The molecule has 5 nitrogen and oxygen atoms in total. The van der Waals surface area contributed by atoms with Crippen molar-refractivity contribution in [1.82, 2.24) is 20.0 Å². The zero-order valence-corrected chi connectivity index (χ0v) is 12.9. The van der Waals surface area contributed by atoms with Crippen molar-refractivity contribution in [3.8, 4) is 0 Å². The fourth-order valence-corrected chi connectivity index (χ4v) is 2.55. The molecule has 5 heteroatoms. The number of anilines is 1. The molecule has 0 saturated heterocycles. The van der Waals surface area contributed by atoms with Gasteiger partial charge in [-0.15, -0.1) is 0 Å². The van der Waals surface area contributed by atoms with Crippen molar-refractivity contribution in [1.29, 1.82) is 0 Å². The molecule has 0 bridgehead atoms. The summed E-state index contributed by atoms with van der Waals surface area (Å²) in [6.07, 6.45) is 3.93. The number of rotatable bonds is 3. The Balaban J connectivity index is 1.81. The highest BCUT2D eigenvalue weighted by molar-refractivity contribution is 5.81. The fourth-order valence-electron chi connectivity index (χ4n) is 2.55. The average molecular weight is 283 g/mol. The van der Waals surface area contributed by atoms with E-state index in [1.165, 1.54) is 5.56 Å². The number of H-pyrrole nitrogens is 1. The molecule has 2 N–H and O–H groups in total. The summed E-state index contributed by atoms with van der Waals surface area (Å²) in [5.41, 5.74) is 4.57. The van der Waals surface area contributed by atoms with E-state index in [-0.39, 0.29) is 5.41 Å². The van der Waals surface area contributed by atoms with Gasteiger partial charge in [0.2, 0.25) is 0 Å². The van der Waals surface area contributed by atoms with Gasteiger partial charge in [0.05, 0.1) is 17.4 Å². The standard InChI is InChI=1S/C16H21N5/c1-16(2,3)15-12(10-21(4)20-15)8-17-13-5-6-14-11(7-13)9-18-19-14/h5-7,9-10,17H,8H2,1-4H3,(H,18,19). The van der Waals surface area contributed by atoms with Gasteiger partial charge in [0, 0.05) is 41.8 Å². The van der Waals surface area contributed by atoms with Crippen LogP contribution in [0.5, 0.6) is 0 Å². The Labute approximate surface area is 124 Å². The maximum absolute atomic E-state index is 4.60. The predicted molar refractivity (Wildman–Crippen MR) is 85.3 cm³/mol. The van der Waals surface area contributed by atoms with Crippen LogP contribution in [0.2, 0.25) is 0 Å². The Kier molecular flexibility index (Phi) is 3.20. The summed E-state index contributed by atoms with van der Waals surface area (Å²) in [5, 5.41) is 16.2. The highest BCUT2D eigenvalue weighted by atomic mass is 15.3. The second-order valence-corrected chi connectivity index (χ2v) is 6.45. The lowest BCUT2D eigenvalue weighted by molar-refractivity contribution is 0.549. The summed E-state index contributed by atoms with van der Waals surface area (Å²) in [5.74, 6) is 0. The SMILES string of the molecule is Cn1cc(CNc2ccc3[nH]ncc3c2)c(C(C)(C)C)n1. The van der Waals surface area contributed by atoms with Gasteiger partial charge in [-0.25, -0.2) is 0 Å². The highest BCUT2D eigenvalue weighted by Crippen LogP contribution is 2.25. The predicted octanol–water partition coefficient (Wildman–Crippen LogP) is 3.21.